The maximum absolute atomic E-state index is 11.2. The molecule has 1 aliphatic carbocycles. The largest absolute Gasteiger partial charge is 0.355 e. The quantitative estimate of drug-likeness (QED) is 0.605. The van der Waals surface area contributed by atoms with Crippen LogP contribution in [0.2, 0.25) is 0 Å². The summed E-state index contributed by atoms with van der Waals surface area (Å²) in [5.74, 6) is 0.969. The van der Waals surface area contributed by atoms with Crippen molar-refractivity contribution in [3.8, 4) is 0 Å². The summed E-state index contributed by atoms with van der Waals surface area (Å²) in [4.78, 5) is 11.2. The summed E-state index contributed by atoms with van der Waals surface area (Å²) in [6.45, 7) is 4.45. The molecule has 0 radical (unpaired) electrons. The second-order valence-electron chi connectivity index (χ2n) is 4.13. The van der Waals surface area contributed by atoms with E-state index in [1.165, 1.54) is 19.3 Å². The summed E-state index contributed by atoms with van der Waals surface area (Å²) in [6.07, 6.45) is 6.26. The highest BCUT2D eigenvalue weighted by Gasteiger charge is 2.16. The van der Waals surface area contributed by atoms with Crippen LogP contribution in [0.1, 0.15) is 39.0 Å². The first-order chi connectivity index (χ1) is 6.83. The molecular weight excluding hydrogens is 176 g/mol. The lowest BCUT2D eigenvalue weighted by atomic mass is 9.85. The molecular formula is C11H22N2O. The molecule has 0 saturated heterocycles. The van der Waals surface area contributed by atoms with Gasteiger partial charge in [-0.3, -0.25) is 4.79 Å². The lowest BCUT2D eigenvalue weighted by Crippen LogP contribution is -2.37. The van der Waals surface area contributed by atoms with Gasteiger partial charge < -0.3 is 10.6 Å². The predicted octanol–water partition coefficient (Wildman–Crippen LogP) is 1.29. The Kier molecular flexibility index (Phi) is 5.60. The zero-order valence-electron chi connectivity index (χ0n) is 9.14. The second-order valence-corrected chi connectivity index (χ2v) is 4.13. The molecule has 0 unspecified atom stereocenters. The molecule has 2 N–H and O–H groups in total. The smallest absolute Gasteiger partial charge is 0.233 e. The van der Waals surface area contributed by atoms with E-state index in [0.717, 1.165) is 31.8 Å². The van der Waals surface area contributed by atoms with Crippen molar-refractivity contribution < 1.29 is 4.79 Å². The fourth-order valence-corrected chi connectivity index (χ4v) is 1.55. The van der Waals surface area contributed by atoms with Crippen LogP contribution in [0.25, 0.3) is 0 Å². The van der Waals surface area contributed by atoms with E-state index >= 15 is 0 Å². The first-order valence-corrected chi connectivity index (χ1v) is 5.80. The van der Waals surface area contributed by atoms with E-state index < -0.39 is 0 Å². The number of unbranched alkanes of at least 4 members (excludes halogenated alkanes) is 1. The lowest BCUT2D eigenvalue weighted by Gasteiger charge is -2.25. The molecule has 1 fully saturated rings. The summed E-state index contributed by atoms with van der Waals surface area (Å²) in [7, 11) is 0. The van der Waals surface area contributed by atoms with Crippen LogP contribution >= 0.6 is 0 Å². The first-order valence-electron chi connectivity index (χ1n) is 5.80. The van der Waals surface area contributed by atoms with Crippen LogP contribution in [0.15, 0.2) is 0 Å². The molecule has 82 valence electrons. The van der Waals surface area contributed by atoms with E-state index in [4.69, 9.17) is 0 Å². The molecule has 0 aromatic heterocycles. The molecule has 1 aliphatic rings. The molecule has 3 heteroatoms. The molecule has 1 saturated carbocycles. The third-order valence-corrected chi connectivity index (χ3v) is 2.80. The fraction of sp³-hybridized carbons (Fsp3) is 0.909. The van der Waals surface area contributed by atoms with Crippen LogP contribution < -0.4 is 10.6 Å². The Bertz CT molecular complexity index is 167. The Labute approximate surface area is 86.6 Å². The SMILES string of the molecule is CCCCNC(=O)CNCC1CCC1. The van der Waals surface area contributed by atoms with Crippen LogP contribution in [0, 0.1) is 5.92 Å². The van der Waals surface area contributed by atoms with Crippen molar-refractivity contribution in [1.29, 1.82) is 0 Å². The Morgan fingerprint density at radius 2 is 2.21 bits per heavy atom. The molecule has 3 nitrogen and oxygen atoms in total. The number of hydrogen-bond donors (Lipinski definition) is 2. The van der Waals surface area contributed by atoms with Gasteiger partial charge in [-0.05, 0) is 31.7 Å². The summed E-state index contributed by atoms with van der Waals surface area (Å²) in [5, 5.41) is 6.09. The third-order valence-electron chi connectivity index (χ3n) is 2.80. The molecule has 0 aliphatic heterocycles. The van der Waals surface area contributed by atoms with Gasteiger partial charge in [0.25, 0.3) is 0 Å². The summed E-state index contributed by atoms with van der Waals surface area (Å²) in [6, 6.07) is 0. The minimum atomic E-state index is 0.137. The third kappa shape index (κ3) is 4.61. The molecule has 1 amide bonds. The number of amides is 1. The Balaban J connectivity index is 1.86. The van der Waals surface area contributed by atoms with Crippen molar-refractivity contribution in [1.82, 2.24) is 10.6 Å². The Hall–Kier alpha value is -0.570. The number of carbonyl (C=O) groups is 1. The fourth-order valence-electron chi connectivity index (χ4n) is 1.55. The highest BCUT2D eigenvalue weighted by Crippen LogP contribution is 2.24. The van der Waals surface area contributed by atoms with Gasteiger partial charge in [0.05, 0.1) is 6.54 Å². The van der Waals surface area contributed by atoms with E-state index in [0.29, 0.717) is 6.54 Å². The molecule has 0 atom stereocenters. The van der Waals surface area contributed by atoms with Crippen molar-refractivity contribution in [3.63, 3.8) is 0 Å². The van der Waals surface area contributed by atoms with E-state index in [1.54, 1.807) is 0 Å². The number of hydrogen-bond acceptors (Lipinski definition) is 2. The second kappa shape index (κ2) is 6.82. The average Bonchev–Trinajstić information content (AvgIpc) is 2.10. The van der Waals surface area contributed by atoms with E-state index in [1.807, 2.05) is 0 Å². The molecule has 0 aromatic carbocycles. The standard InChI is InChI=1S/C11H22N2O/c1-2-3-7-13-11(14)9-12-8-10-5-4-6-10/h10,12H,2-9H2,1H3,(H,13,14). The van der Waals surface area contributed by atoms with Crippen molar-refractivity contribution >= 4 is 5.91 Å². The maximum atomic E-state index is 11.2. The van der Waals surface area contributed by atoms with Gasteiger partial charge in [-0.25, -0.2) is 0 Å². The van der Waals surface area contributed by atoms with Crippen molar-refractivity contribution in [2.24, 2.45) is 5.92 Å². The van der Waals surface area contributed by atoms with Crippen LogP contribution in [0.5, 0.6) is 0 Å². The summed E-state index contributed by atoms with van der Waals surface area (Å²) in [5.41, 5.74) is 0. The summed E-state index contributed by atoms with van der Waals surface area (Å²) < 4.78 is 0. The minimum Gasteiger partial charge on any atom is -0.355 e. The van der Waals surface area contributed by atoms with Gasteiger partial charge in [-0.1, -0.05) is 19.8 Å². The lowest BCUT2D eigenvalue weighted by molar-refractivity contribution is -0.120. The van der Waals surface area contributed by atoms with Crippen LogP contribution in [-0.2, 0) is 4.79 Å². The maximum Gasteiger partial charge on any atom is 0.233 e. The average molecular weight is 198 g/mol. The molecule has 1 rings (SSSR count). The van der Waals surface area contributed by atoms with Gasteiger partial charge in [0, 0.05) is 6.54 Å². The summed E-state index contributed by atoms with van der Waals surface area (Å²) >= 11 is 0. The highest BCUT2D eigenvalue weighted by molar-refractivity contribution is 5.77. The first kappa shape index (κ1) is 11.5. The molecule has 0 bridgehead atoms. The Morgan fingerprint density at radius 3 is 2.79 bits per heavy atom. The monoisotopic (exact) mass is 198 g/mol. The van der Waals surface area contributed by atoms with Crippen LogP contribution in [-0.4, -0.2) is 25.5 Å². The zero-order valence-corrected chi connectivity index (χ0v) is 9.14. The van der Waals surface area contributed by atoms with Gasteiger partial charge in [0.2, 0.25) is 5.91 Å². The highest BCUT2D eigenvalue weighted by atomic mass is 16.1. The van der Waals surface area contributed by atoms with Crippen molar-refractivity contribution in [2.45, 2.75) is 39.0 Å². The number of rotatable bonds is 7. The Morgan fingerprint density at radius 1 is 1.43 bits per heavy atom. The van der Waals surface area contributed by atoms with Crippen molar-refractivity contribution in [2.75, 3.05) is 19.6 Å². The molecule has 0 aromatic rings. The van der Waals surface area contributed by atoms with E-state index in [9.17, 15) is 4.79 Å². The molecule has 0 spiro atoms. The molecule has 14 heavy (non-hydrogen) atoms. The van der Waals surface area contributed by atoms with Crippen molar-refractivity contribution in [3.05, 3.63) is 0 Å². The topological polar surface area (TPSA) is 41.1 Å². The van der Waals surface area contributed by atoms with E-state index in [2.05, 4.69) is 17.6 Å². The van der Waals surface area contributed by atoms with Gasteiger partial charge in [-0.15, -0.1) is 0 Å². The number of carbonyl (C=O) groups excluding carboxylic acids is 1. The van der Waals surface area contributed by atoms with Gasteiger partial charge in [0.1, 0.15) is 0 Å². The van der Waals surface area contributed by atoms with Crippen LogP contribution in [0.3, 0.4) is 0 Å². The number of nitrogens with one attached hydrogen (secondary N) is 2. The van der Waals surface area contributed by atoms with E-state index in [-0.39, 0.29) is 5.91 Å². The normalized spacial score (nSPS) is 16.4. The predicted molar refractivity (Wildman–Crippen MR) is 58.1 cm³/mol. The van der Waals surface area contributed by atoms with Gasteiger partial charge in [-0.2, -0.15) is 0 Å². The van der Waals surface area contributed by atoms with Gasteiger partial charge in [0.15, 0.2) is 0 Å². The minimum absolute atomic E-state index is 0.137. The van der Waals surface area contributed by atoms with Crippen LogP contribution in [0.4, 0.5) is 0 Å². The zero-order chi connectivity index (χ0) is 10.2. The van der Waals surface area contributed by atoms with Gasteiger partial charge >= 0.3 is 0 Å². The molecule has 0 heterocycles.